The van der Waals surface area contributed by atoms with Gasteiger partial charge >= 0.3 is 5.97 Å². The zero-order valence-corrected chi connectivity index (χ0v) is 18.1. The van der Waals surface area contributed by atoms with Gasteiger partial charge in [-0.05, 0) is 52.3 Å². The van der Waals surface area contributed by atoms with Crippen LogP contribution in [0.4, 0.5) is 0 Å². The summed E-state index contributed by atoms with van der Waals surface area (Å²) in [6.07, 6.45) is 5.16. The molecule has 31 heavy (non-hydrogen) atoms. The predicted molar refractivity (Wildman–Crippen MR) is 121 cm³/mol. The molecule has 0 N–H and O–H groups in total. The Morgan fingerprint density at radius 3 is 2.61 bits per heavy atom. The third-order valence-corrected chi connectivity index (χ3v) is 5.30. The highest BCUT2D eigenvalue weighted by molar-refractivity contribution is 9.10. The number of ether oxygens (including phenoxy) is 3. The maximum absolute atomic E-state index is 12.6. The molecular weight excluding hydrogens is 460 g/mol. The number of hydrogen-bond donors (Lipinski definition) is 0. The third kappa shape index (κ3) is 4.44. The fourth-order valence-electron chi connectivity index (χ4n) is 3.08. The normalized spacial score (nSPS) is 13.9. The molecule has 154 valence electrons. The van der Waals surface area contributed by atoms with Gasteiger partial charge in [0.15, 0.2) is 5.76 Å². The van der Waals surface area contributed by atoms with Crippen LogP contribution >= 0.6 is 15.9 Å². The molecule has 0 bridgehead atoms. The number of fused-ring (bicyclic) bond motifs is 1. The van der Waals surface area contributed by atoms with Crippen molar-refractivity contribution in [2.45, 2.75) is 0 Å². The van der Waals surface area contributed by atoms with Crippen molar-refractivity contribution in [3.63, 3.8) is 0 Å². The Hall–Kier alpha value is -3.64. The summed E-state index contributed by atoms with van der Waals surface area (Å²) in [4.78, 5) is 25.0. The minimum absolute atomic E-state index is 0.190. The molecule has 0 unspecified atom stereocenters. The van der Waals surface area contributed by atoms with E-state index in [0.29, 0.717) is 21.3 Å². The topological polar surface area (TPSA) is 61.8 Å². The van der Waals surface area contributed by atoms with Gasteiger partial charge in [-0.15, -0.1) is 0 Å². The summed E-state index contributed by atoms with van der Waals surface area (Å²) in [6.45, 7) is 0. The van der Waals surface area contributed by atoms with E-state index in [9.17, 15) is 9.59 Å². The minimum atomic E-state index is -0.507. The van der Waals surface area contributed by atoms with Crippen LogP contribution in [0.2, 0.25) is 0 Å². The van der Waals surface area contributed by atoms with E-state index < -0.39 is 5.97 Å². The SMILES string of the molecule is COc1ccccc1/C=C/C=C1\Oc2cc(OC(=O)c3ccccc3Br)ccc2C1=O. The smallest absolute Gasteiger partial charge is 0.344 e. The van der Waals surface area contributed by atoms with E-state index in [1.165, 1.54) is 6.07 Å². The lowest BCUT2D eigenvalue weighted by atomic mass is 10.1. The number of para-hydroxylation sites is 1. The molecule has 0 aliphatic carbocycles. The van der Waals surface area contributed by atoms with Gasteiger partial charge in [0.05, 0.1) is 18.2 Å². The number of allylic oxidation sites excluding steroid dienone is 3. The summed E-state index contributed by atoms with van der Waals surface area (Å²) in [7, 11) is 1.60. The summed E-state index contributed by atoms with van der Waals surface area (Å²) in [5, 5.41) is 0. The largest absolute Gasteiger partial charge is 0.496 e. The number of carbonyl (C=O) groups is 2. The number of methoxy groups -OCH3 is 1. The van der Waals surface area contributed by atoms with Gasteiger partial charge in [0.2, 0.25) is 5.78 Å². The number of hydrogen-bond acceptors (Lipinski definition) is 5. The molecule has 0 amide bonds. The number of esters is 1. The number of rotatable bonds is 5. The Morgan fingerprint density at radius 1 is 1.03 bits per heavy atom. The molecule has 1 aliphatic rings. The number of halogens is 1. The standard InChI is InChI=1S/C25H17BrO5/c1-29-21-11-5-2-7-16(21)8-6-12-22-24(27)19-14-13-17(15-23(19)31-22)30-25(28)18-9-3-4-10-20(18)26/h2-15H,1H3/b8-6+,22-12-. The van der Waals surface area contributed by atoms with Crippen LogP contribution in [0.15, 0.2) is 89.1 Å². The summed E-state index contributed by atoms with van der Waals surface area (Å²) < 4.78 is 17.1. The first-order valence-corrected chi connectivity index (χ1v) is 10.2. The van der Waals surface area contributed by atoms with Crippen molar-refractivity contribution < 1.29 is 23.8 Å². The molecule has 0 saturated heterocycles. The van der Waals surface area contributed by atoms with E-state index in [-0.39, 0.29) is 17.3 Å². The zero-order chi connectivity index (χ0) is 21.8. The fraction of sp³-hybridized carbons (Fsp3) is 0.0400. The molecule has 3 aromatic rings. The molecule has 5 nitrogen and oxygen atoms in total. The number of benzene rings is 3. The molecule has 0 spiro atoms. The Balaban J connectivity index is 1.50. The summed E-state index contributed by atoms with van der Waals surface area (Å²) in [6, 6.07) is 19.2. The second-order valence-corrected chi connectivity index (χ2v) is 7.44. The second kappa shape index (κ2) is 9.02. The highest BCUT2D eigenvalue weighted by Gasteiger charge is 2.27. The van der Waals surface area contributed by atoms with Gasteiger partial charge in [-0.1, -0.05) is 42.5 Å². The molecule has 0 aromatic heterocycles. The van der Waals surface area contributed by atoms with Crippen molar-refractivity contribution in [3.8, 4) is 17.2 Å². The molecule has 6 heteroatoms. The first-order valence-electron chi connectivity index (χ1n) is 9.41. The molecule has 1 heterocycles. The quantitative estimate of drug-likeness (QED) is 0.262. The Bertz CT molecular complexity index is 1230. The lowest BCUT2D eigenvalue weighted by Gasteiger charge is -2.06. The Labute approximate surface area is 187 Å². The first kappa shape index (κ1) is 20.6. The van der Waals surface area contributed by atoms with Gasteiger partial charge in [-0.25, -0.2) is 4.79 Å². The monoisotopic (exact) mass is 476 g/mol. The van der Waals surface area contributed by atoms with Gasteiger partial charge in [0.1, 0.15) is 17.2 Å². The molecule has 4 rings (SSSR count). The fourth-order valence-corrected chi connectivity index (χ4v) is 3.52. The second-order valence-electron chi connectivity index (χ2n) is 6.59. The molecule has 3 aromatic carbocycles. The van der Waals surface area contributed by atoms with Gasteiger partial charge < -0.3 is 14.2 Å². The van der Waals surface area contributed by atoms with Gasteiger partial charge in [0, 0.05) is 16.1 Å². The van der Waals surface area contributed by atoms with Crippen molar-refractivity contribution in [1.82, 2.24) is 0 Å². The van der Waals surface area contributed by atoms with Gasteiger partial charge in [-0.2, -0.15) is 0 Å². The van der Waals surface area contributed by atoms with E-state index in [0.717, 1.165) is 11.3 Å². The number of Topliss-reactive ketones (excluding diaryl/α,β-unsaturated/α-hetero) is 1. The average Bonchev–Trinajstić information content (AvgIpc) is 3.09. The molecular formula is C25H17BrO5. The van der Waals surface area contributed by atoms with Crippen molar-refractivity contribution >= 4 is 33.8 Å². The van der Waals surface area contributed by atoms with Crippen LogP contribution in [0.25, 0.3) is 6.08 Å². The van der Waals surface area contributed by atoms with Crippen LogP contribution in [0.1, 0.15) is 26.3 Å². The summed E-state index contributed by atoms with van der Waals surface area (Å²) in [5.74, 6) is 0.819. The van der Waals surface area contributed by atoms with Gasteiger partial charge in [-0.3, -0.25) is 4.79 Å². The van der Waals surface area contributed by atoms with Gasteiger partial charge in [0.25, 0.3) is 0 Å². The highest BCUT2D eigenvalue weighted by atomic mass is 79.9. The van der Waals surface area contributed by atoms with Crippen molar-refractivity contribution in [2.75, 3.05) is 7.11 Å². The van der Waals surface area contributed by atoms with E-state index in [1.54, 1.807) is 49.6 Å². The van der Waals surface area contributed by atoms with Crippen LogP contribution in [-0.4, -0.2) is 18.9 Å². The molecule has 1 aliphatic heterocycles. The van der Waals surface area contributed by atoms with Crippen molar-refractivity contribution in [3.05, 3.63) is 106 Å². The summed E-state index contributed by atoms with van der Waals surface area (Å²) in [5.41, 5.74) is 1.70. The number of carbonyl (C=O) groups excluding carboxylic acids is 2. The average molecular weight is 477 g/mol. The minimum Gasteiger partial charge on any atom is -0.496 e. The molecule has 0 radical (unpaired) electrons. The molecule has 0 saturated carbocycles. The van der Waals surface area contributed by atoms with Crippen LogP contribution < -0.4 is 14.2 Å². The van der Waals surface area contributed by atoms with Crippen molar-refractivity contribution in [2.24, 2.45) is 0 Å². The van der Waals surface area contributed by atoms with Crippen LogP contribution in [0.3, 0.4) is 0 Å². The molecule has 0 atom stereocenters. The van der Waals surface area contributed by atoms with Crippen molar-refractivity contribution in [1.29, 1.82) is 0 Å². The highest BCUT2D eigenvalue weighted by Crippen LogP contribution is 2.34. The van der Waals surface area contributed by atoms with E-state index in [1.807, 2.05) is 36.4 Å². The third-order valence-electron chi connectivity index (χ3n) is 4.61. The van der Waals surface area contributed by atoms with Crippen LogP contribution in [0, 0.1) is 0 Å². The first-order chi connectivity index (χ1) is 15.1. The lowest BCUT2D eigenvalue weighted by molar-refractivity contribution is 0.0733. The summed E-state index contributed by atoms with van der Waals surface area (Å²) >= 11 is 3.33. The Morgan fingerprint density at radius 2 is 1.81 bits per heavy atom. The maximum Gasteiger partial charge on any atom is 0.344 e. The maximum atomic E-state index is 12.6. The van der Waals surface area contributed by atoms with E-state index in [4.69, 9.17) is 14.2 Å². The number of ketones is 1. The predicted octanol–water partition coefficient (Wildman–Crippen LogP) is 5.85. The van der Waals surface area contributed by atoms with E-state index in [2.05, 4.69) is 15.9 Å². The van der Waals surface area contributed by atoms with Crippen LogP contribution in [-0.2, 0) is 0 Å². The Kier molecular flexibility index (Phi) is 6.00. The zero-order valence-electron chi connectivity index (χ0n) is 16.5. The molecule has 0 fully saturated rings. The van der Waals surface area contributed by atoms with Crippen LogP contribution in [0.5, 0.6) is 17.2 Å². The lowest BCUT2D eigenvalue weighted by Crippen LogP contribution is -2.09. The van der Waals surface area contributed by atoms with E-state index >= 15 is 0 Å².